The molecule has 0 fully saturated rings. The molecule has 1 aromatic heterocycles. The van der Waals surface area contributed by atoms with E-state index in [0.717, 1.165) is 26.5 Å². The maximum absolute atomic E-state index is 13.3. The van der Waals surface area contributed by atoms with Crippen molar-refractivity contribution in [1.82, 2.24) is 9.66 Å². The van der Waals surface area contributed by atoms with Gasteiger partial charge >= 0.3 is 5.97 Å². The molecule has 1 heterocycles. The van der Waals surface area contributed by atoms with Crippen LogP contribution in [0.2, 0.25) is 0 Å². The lowest BCUT2D eigenvalue weighted by Crippen LogP contribution is -2.23. The summed E-state index contributed by atoms with van der Waals surface area (Å²) in [4.78, 5) is 29.0. The maximum atomic E-state index is 13.3. The number of carbonyl (C=O) groups is 1. The van der Waals surface area contributed by atoms with Crippen LogP contribution >= 0.6 is 31.9 Å². The van der Waals surface area contributed by atoms with Crippen molar-refractivity contribution in [3.05, 3.63) is 102 Å². The monoisotopic (exact) mass is 611 g/mol. The lowest BCUT2D eigenvalue weighted by Gasteiger charge is -2.14. The Morgan fingerprint density at radius 3 is 2.56 bits per heavy atom. The largest absolute Gasteiger partial charge is 0.488 e. The summed E-state index contributed by atoms with van der Waals surface area (Å²) in [6.45, 7) is 4.36. The van der Waals surface area contributed by atoms with E-state index in [9.17, 15) is 9.59 Å². The number of nitrogens with zero attached hydrogens (tertiary/aromatic N) is 3. The van der Waals surface area contributed by atoms with Crippen molar-refractivity contribution in [3.8, 4) is 5.75 Å². The van der Waals surface area contributed by atoms with Crippen LogP contribution in [0.3, 0.4) is 0 Å². The highest BCUT2D eigenvalue weighted by Crippen LogP contribution is 2.27. The van der Waals surface area contributed by atoms with Gasteiger partial charge in [-0.2, -0.15) is 9.78 Å². The second-order valence-electron chi connectivity index (χ2n) is 8.28. The third kappa shape index (κ3) is 5.74. The lowest BCUT2D eigenvalue weighted by atomic mass is 10.1. The predicted octanol–water partition coefficient (Wildman–Crippen LogP) is 6.59. The van der Waals surface area contributed by atoms with Crippen LogP contribution in [0.5, 0.6) is 5.75 Å². The van der Waals surface area contributed by atoms with Gasteiger partial charge in [-0.05, 0) is 82.0 Å². The first-order chi connectivity index (χ1) is 17.3. The third-order valence-electron chi connectivity index (χ3n) is 5.76. The zero-order valence-corrected chi connectivity index (χ0v) is 22.8. The molecule has 0 spiro atoms. The number of rotatable bonds is 8. The first kappa shape index (κ1) is 25.8. The molecule has 0 aliphatic rings. The average Bonchev–Trinajstić information content (AvgIpc) is 2.87. The second-order valence-corrected chi connectivity index (χ2v) is 10.1. The number of hydrogen-bond donors (Lipinski definition) is 1. The van der Waals surface area contributed by atoms with Gasteiger partial charge in [-0.1, -0.05) is 41.9 Å². The summed E-state index contributed by atoms with van der Waals surface area (Å²) >= 11 is 6.96. The number of benzene rings is 3. The van der Waals surface area contributed by atoms with Gasteiger partial charge in [-0.15, -0.1) is 0 Å². The third-order valence-corrected chi connectivity index (χ3v) is 6.87. The minimum atomic E-state index is -0.964. The number of aromatic carboxylic acids is 1. The molecule has 36 heavy (non-hydrogen) atoms. The average molecular weight is 613 g/mol. The molecule has 3 aromatic carbocycles. The van der Waals surface area contributed by atoms with Crippen molar-refractivity contribution in [1.29, 1.82) is 0 Å². The molecule has 0 aliphatic carbocycles. The topological polar surface area (TPSA) is 93.8 Å². The Kier molecular flexibility index (Phi) is 8.01. The smallest absolute Gasteiger partial charge is 0.335 e. The minimum Gasteiger partial charge on any atom is -0.488 e. The van der Waals surface area contributed by atoms with E-state index in [4.69, 9.17) is 14.8 Å². The zero-order valence-electron chi connectivity index (χ0n) is 19.6. The van der Waals surface area contributed by atoms with E-state index in [2.05, 4.69) is 37.0 Å². The Balaban J connectivity index is 1.58. The highest BCUT2D eigenvalue weighted by molar-refractivity contribution is 9.10. The van der Waals surface area contributed by atoms with Gasteiger partial charge in [0.2, 0.25) is 0 Å². The molecule has 4 rings (SSSR count). The Labute approximate surface area is 224 Å². The van der Waals surface area contributed by atoms with Gasteiger partial charge in [0.1, 0.15) is 18.2 Å². The van der Waals surface area contributed by atoms with E-state index in [1.807, 2.05) is 44.2 Å². The van der Waals surface area contributed by atoms with Crippen LogP contribution in [0.1, 0.15) is 53.5 Å². The van der Waals surface area contributed by atoms with Gasteiger partial charge in [0, 0.05) is 10.4 Å². The van der Waals surface area contributed by atoms with Crippen molar-refractivity contribution >= 4 is 54.9 Å². The number of aromatic nitrogens is 2. The van der Waals surface area contributed by atoms with E-state index in [-0.39, 0.29) is 23.6 Å². The van der Waals surface area contributed by atoms with Crippen molar-refractivity contribution < 1.29 is 14.6 Å². The van der Waals surface area contributed by atoms with Gasteiger partial charge in [-0.25, -0.2) is 9.78 Å². The van der Waals surface area contributed by atoms with Crippen molar-refractivity contribution in [2.45, 2.75) is 32.8 Å². The molecule has 0 aliphatic heterocycles. The number of halogens is 2. The van der Waals surface area contributed by atoms with Gasteiger partial charge < -0.3 is 9.84 Å². The molecule has 7 nitrogen and oxygen atoms in total. The SMILES string of the molecule is CC[C@@H](C)c1nc2ccc(Br)cc2c(=O)n1N=Cc1ccc(OCc2ccc(C(=O)O)cc2)c(Br)c1. The molecule has 1 N–H and O–H groups in total. The zero-order chi connectivity index (χ0) is 25.8. The van der Waals surface area contributed by atoms with Gasteiger partial charge in [-0.3, -0.25) is 4.79 Å². The second kappa shape index (κ2) is 11.2. The highest BCUT2D eigenvalue weighted by atomic mass is 79.9. The van der Waals surface area contributed by atoms with Crippen molar-refractivity contribution in [2.24, 2.45) is 5.10 Å². The van der Waals surface area contributed by atoms with Gasteiger partial charge in [0.15, 0.2) is 0 Å². The van der Waals surface area contributed by atoms with Crippen LogP contribution in [0, 0.1) is 0 Å². The van der Waals surface area contributed by atoms with Crippen molar-refractivity contribution in [3.63, 3.8) is 0 Å². The van der Waals surface area contributed by atoms with Gasteiger partial charge in [0.25, 0.3) is 5.56 Å². The van der Waals surface area contributed by atoms with Crippen LogP contribution in [0.15, 0.2) is 79.5 Å². The molecule has 4 aromatic rings. The predicted molar refractivity (Wildman–Crippen MR) is 147 cm³/mol. The number of fused-ring (bicyclic) bond motifs is 1. The van der Waals surface area contributed by atoms with Gasteiger partial charge in [0.05, 0.1) is 27.2 Å². The summed E-state index contributed by atoms with van der Waals surface area (Å²) in [6.07, 6.45) is 2.44. The molecule has 1 atom stereocenters. The quantitative estimate of drug-likeness (QED) is 0.226. The molecule has 0 bridgehead atoms. The summed E-state index contributed by atoms with van der Waals surface area (Å²) in [5.41, 5.74) is 2.28. The minimum absolute atomic E-state index is 0.0509. The fourth-order valence-corrected chi connectivity index (χ4v) is 4.39. The standard InChI is InChI=1S/C27H23Br2N3O4/c1-3-16(2)25-31-23-10-9-20(28)13-21(23)26(33)32(25)30-14-18-6-11-24(22(29)12-18)36-15-17-4-7-19(8-5-17)27(34)35/h4-14,16H,3,15H2,1-2H3,(H,34,35)/t16-/m1/s1. The summed E-state index contributed by atoms with van der Waals surface area (Å²) < 4.78 is 8.78. The lowest BCUT2D eigenvalue weighted by molar-refractivity contribution is 0.0697. The molecule has 0 saturated carbocycles. The van der Waals surface area contributed by atoms with Crippen LogP contribution in [-0.4, -0.2) is 27.0 Å². The molecule has 0 amide bonds. The van der Waals surface area contributed by atoms with Crippen LogP contribution in [0.4, 0.5) is 0 Å². The first-order valence-corrected chi connectivity index (χ1v) is 12.9. The molecule has 0 radical (unpaired) electrons. The number of hydrogen-bond acceptors (Lipinski definition) is 5. The first-order valence-electron chi connectivity index (χ1n) is 11.3. The fraction of sp³-hybridized carbons (Fsp3) is 0.185. The van der Waals surface area contributed by atoms with Crippen LogP contribution in [-0.2, 0) is 6.61 Å². The molecular weight excluding hydrogens is 590 g/mol. The van der Waals surface area contributed by atoms with E-state index in [1.165, 1.54) is 4.68 Å². The summed E-state index contributed by atoms with van der Waals surface area (Å²) in [5, 5.41) is 14.0. The highest BCUT2D eigenvalue weighted by Gasteiger charge is 2.15. The normalized spacial score (nSPS) is 12.2. The Hall–Kier alpha value is -3.30. The molecule has 184 valence electrons. The maximum Gasteiger partial charge on any atom is 0.335 e. The van der Waals surface area contributed by atoms with Crippen LogP contribution in [0.25, 0.3) is 10.9 Å². The van der Waals surface area contributed by atoms with E-state index in [1.54, 1.807) is 36.5 Å². The van der Waals surface area contributed by atoms with E-state index in [0.29, 0.717) is 22.5 Å². The molecule has 0 saturated heterocycles. The summed E-state index contributed by atoms with van der Waals surface area (Å²) in [6, 6.07) is 17.5. The fourth-order valence-electron chi connectivity index (χ4n) is 3.52. The summed E-state index contributed by atoms with van der Waals surface area (Å²) in [5.74, 6) is 0.328. The van der Waals surface area contributed by atoms with Crippen LogP contribution < -0.4 is 10.3 Å². The number of ether oxygens (including phenoxy) is 1. The molecule has 9 heteroatoms. The number of carboxylic acids is 1. The molecular formula is C27H23Br2N3O4. The van der Waals surface area contributed by atoms with Crippen molar-refractivity contribution in [2.75, 3.05) is 0 Å². The van der Waals surface area contributed by atoms with E-state index >= 15 is 0 Å². The Morgan fingerprint density at radius 1 is 1.14 bits per heavy atom. The Morgan fingerprint density at radius 2 is 1.89 bits per heavy atom. The number of carboxylic acid groups (broad SMARTS) is 1. The molecule has 0 unspecified atom stereocenters. The summed E-state index contributed by atoms with van der Waals surface area (Å²) in [7, 11) is 0. The Bertz CT molecular complexity index is 1510. The van der Waals surface area contributed by atoms with E-state index < -0.39 is 5.97 Å².